The normalized spacial score (nSPS) is 13.9. The van der Waals surface area contributed by atoms with Crippen LogP contribution >= 0.6 is 31.8 Å². The van der Waals surface area contributed by atoms with Gasteiger partial charge in [-0.1, -0.05) is 26.7 Å². The van der Waals surface area contributed by atoms with Crippen molar-refractivity contribution in [2.75, 3.05) is 0 Å². The molecule has 12 heavy (non-hydrogen) atoms. The molecule has 0 fully saturated rings. The van der Waals surface area contributed by atoms with Crippen molar-refractivity contribution >= 4 is 31.8 Å². The first-order valence-electron chi connectivity index (χ1n) is 3.56. The molecule has 0 aromatic carbocycles. The fourth-order valence-electron chi connectivity index (χ4n) is 0.739. The summed E-state index contributed by atoms with van der Waals surface area (Å²) in [6.07, 6.45) is 5.97. The van der Waals surface area contributed by atoms with Crippen molar-refractivity contribution < 1.29 is 4.18 Å². The molecule has 0 radical (unpaired) electrons. The van der Waals surface area contributed by atoms with E-state index >= 15 is 0 Å². The van der Waals surface area contributed by atoms with Crippen molar-refractivity contribution in [3.05, 3.63) is 0 Å². The van der Waals surface area contributed by atoms with Crippen LogP contribution in [-0.4, -0.2) is 6.10 Å². The van der Waals surface area contributed by atoms with Gasteiger partial charge in [0.05, 0.1) is 11.1 Å². The van der Waals surface area contributed by atoms with Crippen LogP contribution in [0.25, 0.3) is 0 Å². The van der Waals surface area contributed by atoms with E-state index in [4.69, 9.17) is 21.3 Å². The third-order valence-corrected chi connectivity index (χ3v) is 2.38. The highest BCUT2D eigenvalue weighted by Crippen LogP contribution is 2.31. The number of halogens is 1. The van der Waals surface area contributed by atoms with E-state index in [2.05, 4.69) is 26.7 Å². The van der Waals surface area contributed by atoms with Gasteiger partial charge in [-0.25, -0.2) is 0 Å². The van der Waals surface area contributed by atoms with Gasteiger partial charge in [0.15, 0.2) is 0 Å². The minimum absolute atomic E-state index is 0.152. The van der Waals surface area contributed by atoms with E-state index in [1.54, 1.807) is 0 Å². The van der Waals surface area contributed by atoms with Gasteiger partial charge in [0, 0.05) is 10.0 Å². The maximum Gasteiger partial charge on any atom is 0.134 e. The molecule has 0 aromatic heterocycles. The van der Waals surface area contributed by atoms with Crippen LogP contribution in [0.4, 0.5) is 0 Å². The molecule has 0 saturated carbocycles. The lowest BCUT2D eigenvalue weighted by Crippen LogP contribution is -2.16. The summed E-state index contributed by atoms with van der Waals surface area (Å²) >= 11 is 1.12. The SMILES string of the molecule is C#CC(CC(C)(C)C)OSSCl. The molecule has 0 bridgehead atoms. The number of rotatable bonds is 4. The second kappa shape index (κ2) is 6.04. The maximum atomic E-state index is 5.36. The Labute approximate surface area is 87.1 Å². The van der Waals surface area contributed by atoms with Crippen molar-refractivity contribution in [2.24, 2.45) is 5.41 Å². The molecule has 0 amide bonds. The fraction of sp³-hybridized carbons (Fsp3) is 0.750. The van der Waals surface area contributed by atoms with Gasteiger partial charge in [-0.3, -0.25) is 4.18 Å². The predicted octanol–water partition coefficient (Wildman–Crippen LogP) is 3.89. The minimum Gasteiger partial charge on any atom is -0.288 e. The number of hydrogen-bond donors (Lipinski definition) is 0. The van der Waals surface area contributed by atoms with Gasteiger partial charge in [0.2, 0.25) is 0 Å². The Bertz CT molecular complexity index is 159. The largest absolute Gasteiger partial charge is 0.288 e. The second-order valence-electron chi connectivity index (χ2n) is 3.65. The Hall–Kier alpha value is 0.510. The summed E-state index contributed by atoms with van der Waals surface area (Å²) in [5, 5.41) is 0. The molecular formula is C8H13ClOS2. The average Bonchev–Trinajstić information content (AvgIpc) is 1.95. The van der Waals surface area contributed by atoms with Crippen LogP contribution in [0.5, 0.6) is 0 Å². The third kappa shape index (κ3) is 7.17. The van der Waals surface area contributed by atoms with Gasteiger partial charge in [-0.05, 0) is 22.5 Å². The summed E-state index contributed by atoms with van der Waals surface area (Å²) in [4.78, 5) is 0. The average molecular weight is 225 g/mol. The van der Waals surface area contributed by atoms with Crippen LogP contribution < -0.4 is 0 Å². The first-order chi connectivity index (χ1) is 5.49. The Kier molecular flexibility index (Phi) is 6.30. The van der Waals surface area contributed by atoms with Crippen LogP contribution in [0.3, 0.4) is 0 Å². The molecule has 1 atom stereocenters. The molecule has 0 aromatic rings. The van der Waals surface area contributed by atoms with Crippen LogP contribution in [-0.2, 0) is 4.18 Å². The molecular weight excluding hydrogens is 212 g/mol. The van der Waals surface area contributed by atoms with Gasteiger partial charge in [0.1, 0.15) is 6.10 Å². The minimum atomic E-state index is -0.152. The Morgan fingerprint density at radius 2 is 2.17 bits per heavy atom. The van der Waals surface area contributed by atoms with Crippen molar-refractivity contribution in [1.82, 2.24) is 0 Å². The Morgan fingerprint density at radius 3 is 2.50 bits per heavy atom. The lowest BCUT2D eigenvalue weighted by molar-refractivity contribution is 0.222. The fourth-order valence-corrected chi connectivity index (χ4v) is 1.63. The Morgan fingerprint density at radius 1 is 1.58 bits per heavy atom. The van der Waals surface area contributed by atoms with E-state index in [9.17, 15) is 0 Å². The van der Waals surface area contributed by atoms with E-state index in [0.717, 1.165) is 27.5 Å². The molecule has 0 rings (SSSR count). The van der Waals surface area contributed by atoms with Gasteiger partial charge in [-0.2, -0.15) is 0 Å². The zero-order valence-electron chi connectivity index (χ0n) is 7.46. The third-order valence-electron chi connectivity index (χ3n) is 1.16. The standard InChI is InChI=1S/C8H13ClOS2/c1-5-7(10-12-11-9)6-8(2,3)4/h1,7H,6H2,2-4H3. The van der Waals surface area contributed by atoms with Crippen molar-refractivity contribution in [1.29, 1.82) is 0 Å². The van der Waals surface area contributed by atoms with Crippen molar-refractivity contribution in [2.45, 2.75) is 33.3 Å². The van der Waals surface area contributed by atoms with Gasteiger partial charge in [-0.15, -0.1) is 6.42 Å². The molecule has 1 nitrogen and oxygen atoms in total. The number of hydrogen-bond acceptors (Lipinski definition) is 3. The number of terminal acetylenes is 1. The van der Waals surface area contributed by atoms with E-state index in [-0.39, 0.29) is 11.5 Å². The van der Waals surface area contributed by atoms with Gasteiger partial charge in [0.25, 0.3) is 0 Å². The predicted molar refractivity (Wildman–Crippen MR) is 58.8 cm³/mol. The second-order valence-corrected chi connectivity index (χ2v) is 6.02. The van der Waals surface area contributed by atoms with Crippen molar-refractivity contribution in [3.63, 3.8) is 0 Å². The summed E-state index contributed by atoms with van der Waals surface area (Å²) in [5.74, 6) is 2.58. The van der Waals surface area contributed by atoms with Crippen LogP contribution in [0.15, 0.2) is 0 Å². The molecule has 0 spiro atoms. The maximum absolute atomic E-state index is 5.36. The summed E-state index contributed by atoms with van der Waals surface area (Å²) < 4.78 is 5.23. The Balaban J connectivity index is 3.78. The highest BCUT2D eigenvalue weighted by atomic mass is 35.7. The molecule has 70 valence electrons. The van der Waals surface area contributed by atoms with E-state index < -0.39 is 0 Å². The zero-order valence-corrected chi connectivity index (χ0v) is 9.85. The molecule has 0 N–H and O–H groups in total. The lowest BCUT2D eigenvalue weighted by Gasteiger charge is -2.21. The van der Waals surface area contributed by atoms with Crippen molar-refractivity contribution in [3.8, 4) is 12.3 Å². The topological polar surface area (TPSA) is 9.23 Å². The molecule has 0 aliphatic rings. The van der Waals surface area contributed by atoms with Crippen LogP contribution in [0.2, 0.25) is 0 Å². The molecule has 0 aliphatic carbocycles. The summed E-state index contributed by atoms with van der Waals surface area (Å²) in [6, 6.07) is 0. The van der Waals surface area contributed by atoms with E-state index in [1.165, 1.54) is 0 Å². The summed E-state index contributed by atoms with van der Waals surface area (Å²) in [6.45, 7) is 6.37. The first-order valence-corrected chi connectivity index (χ1v) is 6.46. The summed E-state index contributed by atoms with van der Waals surface area (Å²) in [7, 11) is 6.40. The molecule has 0 saturated heterocycles. The zero-order chi connectivity index (χ0) is 9.61. The molecule has 0 heterocycles. The smallest absolute Gasteiger partial charge is 0.134 e. The van der Waals surface area contributed by atoms with Crippen LogP contribution in [0, 0.1) is 17.8 Å². The van der Waals surface area contributed by atoms with Gasteiger partial charge >= 0.3 is 0 Å². The van der Waals surface area contributed by atoms with E-state index in [0.29, 0.717) is 0 Å². The molecule has 4 heteroatoms. The van der Waals surface area contributed by atoms with Gasteiger partial charge < -0.3 is 0 Å². The first kappa shape index (κ1) is 12.5. The summed E-state index contributed by atoms with van der Waals surface area (Å²) in [5.41, 5.74) is 0.189. The molecule has 0 aliphatic heterocycles. The quantitative estimate of drug-likeness (QED) is 0.407. The van der Waals surface area contributed by atoms with Crippen LogP contribution in [0.1, 0.15) is 27.2 Å². The monoisotopic (exact) mass is 224 g/mol. The molecule has 1 unspecified atom stereocenters. The highest BCUT2D eigenvalue weighted by molar-refractivity contribution is 8.83. The lowest BCUT2D eigenvalue weighted by atomic mass is 9.89. The van der Waals surface area contributed by atoms with E-state index in [1.807, 2.05) is 0 Å². The highest BCUT2D eigenvalue weighted by Gasteiger charge is 2.17.